The van der Waals surface area contributed by atoms with Crippen molar-refractivity contribution >= 4 is 12.0 Å². The molecule has 3 atom stereocenters. The molecule has 0 bridgehead atoms. The van der Waals surface area contributed by atoms with Gasteiger partial charge in [0, 0.05) is 13.7 Å². The number of nitrogens with zero attached hydrogens (tertiary/aromatic N) is 1. The number of rotatable bonds is 6. The molecule has 0 saturated carbocycles. The molecule has 2 amide bonds. The Hall–Kier alpha value is -1.34. The smallest absolute Gasteiger partial charge is 0.318 e. The van der Waals surface area contributed by atoms with Gasteiger partial charge >= 0.3 is 12.0 Å². The van der Waals surface area contributed by atoms with E-state index in [4.69, 9.17) is 14.6 Å². The molecule has 1 heterocycles. The minimum absolute atomic E-state index is 0.0689. The first-order valence-electron chi connectivity index (χ1n) is 6.37. The number of carbonyl (C=O) groups is 2. The largest absolute Gasteiger partial charge is 0.481 e. The van der Waals surface area contributed by atoms with Crippen molar-refractivity contribution in [3.8, 4) is 0 Å². The highest BCUT2D eigenvalue weighted by Crippen LogP contribution is 2.14. The summed E-state index contributed by atoms with van der Waals surface area (Å²) in [5, 5.41) is 11.7. The molecule has 1 fully saturated rings. The van der Waals surface area contributed by atoms with Gasteiger partial charge in [0.05, 0.1) is 31.9 Å². The highest BCUT2D eigenvalue weighted by molar-refractivity contribution is 5.77. The van der Waals surface area contributed by atoms with E-state index in [9.17, 15) is 9.59 Å². The number of amides is 2. The van der Waals surface area contributed by atoms with Crippen molar-refractivity contribution in [2.75, 3.05) is 33.5 Å². The van der Waals surface area contributed by atoms with E-state index in [1.807, 2.05) is 13.8 Å². The van der Waals surface area contributed by atoms with Crippen molar-refractivity contribution < 1.29 is 24.2 Å². The fraction of sp³-hybridized carbons (Fsp3) is 0.833. The quantitative estimate of drug-likeness (QED) is 0.720. The molecule has 1 saturated heterocycles. The first-order chi connectivity index (χ1) is 9.01. The lowest BCUT2D eigenvalue weighted by Crippen LogP contribution is -2.52. The van der Waals surface area contributed by atoms with Crippen molar-refractivity contribution in [2.45, 2.75) is 25.9 Å². The lowest BCUT2D eigenvalue weighted by molar-refractivity contribution is -0.142. The molecule has 1 rings (SSSR count). The van der Waals surface area contributed by atoms with Crippen LogP contribution in [0.4, 0.5) is 4.79 Å². The zero-order valence-electron chi connectivity index (χ0n) is 11.6. The van der Waals surface area contributed by atoms with E-state index < -0.39 is 17.9 Å². The van der Waals surface area contributed by atoms with Crippen LogP contribution in [0.25, 0.3) is 0 Å². The maximum absolute atomic E-state index is 12.1. The number of urea groups is 1. The lowest BCUT2D eigenvalue weighted by Gasteiger charge is -2.29. The third kappa shape index (κ3) is 4.07. The molecule has 1 aliphatic heterocycles. The molecule has 0 aromatic carbocycles. The number of carbonyl (C=O) groups excluding carboxylic acids is 1. The van der Waals surface area contributed by atoms with Crippen LogP contribution < -0.4 is 5.32 Å². The second kappa shape index (κ2) is 7.30. The standard InChI is InChI=1S/C12H22N2O5/c1-4-14(8(2)5-18-3)12(17)13-10-7-19-6-9(10)11(15)16/h8-10H,4-7H2,1-3H3,(H,13,17)(H,15,16). The van der Waals surface area contributed by atoms with E-state index in [-0.39, 0.29) is 25.3 Å². The summed E-state index contributed by atoms with van der Waals surface area (Å²) in [6.45, 7) is 5.09. The van der Waals surface area contributed by atoms with E-state index >= 15 is 0 Å². The van der Waals surface area contributed by atoms with E-state index in [1.165, 1.54) is 0 Å². The highest BCUT2D eigenvalue weighted by Gasteiger charge is 2.36. The SMILES string of the molecule is CCN(C(=O)NC1COCC1C(=O)O)C(C)COC. The molecular formula is C12H22N2O5. The fourth-order valence-electron chi connectivity index (χ4n) is 2.17. The van der Waals surface area contributed by atoms with Crippen LogP contribution >= 0.6 is 0 Å². The Morgan fingerprint density at radius 1 is 1.53 bits per heavy atom. The number of nitrogens with one attached hydrogen (secondary N) is 1. The molecule has 110 valence electrons. The van der Waals surface area contributed by atoms with Crippen LogP contribution in [0.2, 0.25) is 0 Å². The number of carboxylic acids is 1. The average Bonchev–Trinajstić information content (AvgIpc) is 2.78. The van der Waals surface area contributed by atoms with E-state index in [1.54, 1.807) is 12.0 Å². The van der Waals surface area contributed by atoms with Gasteiger partial charge < -0.3 is 24.8 Å². The molecule has 19 heavy (non-hydrogen) atoms. The first-order valence-corrected chi connectivity index (χ1v) is 6.37. The van der Waals surface area contributed by atoms with Gasteiger partial charge in [-0.15, -0.1) is 0 Å². The van der Waals surface area contributed by atoms with E-state index in [0.717, 1.165) is 0 Å². The summed E-state index contributed by atoms with van der Waals surface area (Å²) >= 11 is 0. The van der Waals surface area contributed by atoms with Crippen LogP contribution in [0.5, 0.6) is 0 Å². The number of methoxy groups -OCH3 is 1. The zero-order valence-corrected chi connectivity index (χ0v) is 11.6. The van der Waals surface area contributed by atoms with Crippen molar-refractivity contribution in [2.24, 2.45) is 5.92 Å². The molecule has 0 spiro atoms. The van der Waals surface area contributed by atoms with Crippen molar-refractivity contribution in [3.05, 3.63) is 0 Å². The topological polar surface area (TPSA) is 88.1 Å². The lowest BCUT2D eigenvalue weighted by atomic mass is 10.0. The molecule has 7 heteroatoms. The van der Waals surface area contributed by atoms with Gasteiger partial charge in [-0.2, -0.15) is 0 Å². The number of hydrogen-bond acceptors (Lipinski definition) is 4. The summed E-state index contributed by atoms with van der Waals surface area (Å²) in [6, 6.07) is -0.830. The van der Waals surface area contributed by atoms with Crippen LogP contribution in [0.3, 0.4) is 0 Å². The van der Waals surface area contributed by atoms with Gasteiger partial charge in [0.15, 0.2) is 0 Å². The third-order valence-electron chi connectivity index (χ3n) is 3.25. The van der Waals surface area contributed by atoms with Gasteiger partial charge in [0.25, 0.3) is 0 Å². The van der Waals surface area contributed by atoms with Crippen LogP contribution in [0.15, 0.2) is 0 Å². The molecule has 1 aliphatic rings. The minimum atomic E-state index is -0.948. The van der Waals surface area contributed by atoms with E-state index in [2.05, 4.69) is 5.32 Å². The Kier molecular flexibility index (Phi) is 6.04. The summed E-state index contributed by atoms with van der Waals surface area (Å²) in [5.41, 5.74) is 0. The second-order valence-corrected chi connectivity index (χ2v) is 4.63. The molecule has 0 aromatic heterocycles. The number of ether oxygens (including phenoxy) is 2. The van der Waals surface area contributed by atoms with E-state index in [0.29, 0.717) is 13.2 Å². The predicted octanol–water partition coefficient (Wildman–Crippen LogP) is 0.152. The van der Waals surface area contributed by atoms with Gasteiger partial charge in [-0.3, -0.25) is 4.79 Å². The molecule has 0 radical (unpaired) electrons. The molecule has 0 aliphatic carbocycles. The molecule has 2 N–H and O–H groups in total. The Bertz CT molecular complexity index is 323. The highest BCUT2D eigenvalue weighted by atomic mass is 16.5. The summed E-state index contributed by atoms with van der Waals surface area (Å²) in [4.78, 5) is 24.7. The minimum Gasteiger partial charge on any atom is -0.481 e. The number of hydrogen-bond donors (Lipinski definition) is 2. The monoisotopic (exact) mass is 274 g/mol. The van der Waals surface area contributed by atoms with Crippen LogP contribution in [0.1, 0.15) is 13.8 Å². The maximum atomic E-state index is 12.1. The normalized spacial score (nSPS) is 23.9. The Balaban J connectivity index is 2.59. The van der Waals surface area contributed by atoms with Crippen molar-refractivity contribution in [1.29, 1.82) is 0 Å². The van der Waals surface area contributed by atoms with Crippen molar-refractivity contribution in [1.82, 2.24) is 10.2 Å². The van der Waals surface area contributed by atoms with Gasteiger partial charge in [-0.1, -0.05) is 0 Å². The Morgan fingerprint density at radius 2 is 2.21 bits per heavy atom. The Labute approximate surface area is 112 Å². The second-order valence-electron chi connectivity index (χ2n) is 4.63. The molecule has 3 unspecified atom stereocenters. The summed E-state index contributed by atoms with van der Waals surface area (Å²) in [7, 11) is 1.58. The summed E-state index contributed by atoms with van der Waals surface area (Å²) in [5.74, 6) is -1.63. The van der Waals surface area contributed by atoms with Gasteiger partial charge in [0.2, 0.25) is 0 Å². The first kappa shape index (κ1) is 15.7. The predicted molar refractivity (Wildman–Crippen MR) is 68.0 cm³/mol. The third-order valence-corrected chi connectivity index (χ3v) is 3.25. The van der Waals surface area contributed by atoms with Crippen LogP contribution in [-0.4, -0.2) is 67.6 Å². The van der Waals surface area contributed by atoms with Gasteiger partial charge in [-0.05, 0) is 13.8 Å². The number of likely N-dealkylation sites (N-methyl/N-ethyl adjacent to an activating group) is 1. The molecular weight excluding hydrogens is 252 g/mol. The number of carboxylic acid groups (broad SMARTS) is 1. The average molecular weight is 274 g/mol. The van der Waals surface area contributed by atoms with Gasteiger partial charge in [-0.25, -0.2) is 4.79 Å². The maximum Gasteiger partial charge on any atom is 0.318 e. The number of aliphatic carboxylic acids is 1. The zero-order chi connectivity index (χ0) is 14.4. The van der Waals surface area contributed by atoms with Crippen molar-refractivity contribution in [3.63, 3.8) is 0 Å². The van der Waals surface area contributed by atoms with Crippen LogP contribution in [0, 0.1) is 5.92 Å². The fourth-order valence-corrected chi connectivity index (χ4v) is 2.17. The summed E-state index contributed by atoms with van der Waals surface area (Å²) in [6.07, 6.45) is 0. The molecule has 0 aromatic rings. The Morgan fingerprint density at radius 3 is 2.74 bits per heavy atom. The van der Waals surface area contributed by atoms with Crippen LogP contribution in [-0.2, 0) is 14.3 Å². The molecule has 7 nitrogen and oxygen atoms in total. The van der Waals surface area contributed by atoms with Gasteiger partial charge in [0.1, 0.15) is 5.92 Å². The summed E-state index contributed by atoms with van der Waals surface area (Å²) < 4.78 is 10.1.